The second-order valence-corrected chi connectivity index (χ2v) is 5.89. The van der Waals surface area contributed by atoms with Gasteiger partial charge in [-0.1, -0.05) is 13.0 Å². The predicted molar refractivity (Wildman–Crippen MR) is 97.3 cm³/mol. The lowest BCUT2D eigenvalue weighted by Gasteiger charge is -2.14. The first-order chi connectivity index (χ1) is 12.6. The summed E-state index contributed by atoms with van der Waals surface area (Å²) in [5.74, 6) is -0.406. The number of methoxy groups -OCH3 is 1. The van der Waals surface area contributed by atoms with Crippen LogP contribution in [0.3, 0.4) is 0 Å². The van der Waals surface area contributed by atoms with E-state index in [2.05, 4.69) is 10.3 Å². The highest BCUT2D eigenvalue weighted by Gasteiger charge is 2.16. The smallest absolute Gasteiger partial charge is 0.267 e. The summed E-state index contributed by atoms with van der Waals surface area (Å²) in [6, 6.07) is 6.75. The number of nitrogens with zero attached hydrogens (tertiary/aromatic N) is 3. The van der Waals surface area contributed by atoms with E-state index in [1.165, 1.54) is 10.5 Å². The van der Waals surface area contributed by atoms with Gasteiger partial charge >= 0.3 is 0 Å². The van der Waals surface area contributed by atoms with Gasteiger partial charge in [-0.2, -0.15) is 0 Å². The average Bonchev–Trinajstić information content (AvgIpc) is 2.64. The van der Waals surface area contributed by atoms with E-state index >= 15 is 0 Å². The van der Waals surface area contributed by atoms with E-state index in [9.17, 15) is 9.59 Å². The maximum absolute atomic E-state index is 12.9. The van der Waals surface area contributed by atoms with Crippen molar-refractivity contribution in [1.29, 1.82) is 5.41 Å². The minimum atomic E-state index is -0.406. The Hall–Kier alpha value is -3.00. The summed E-state index contributed by atoms with van der Waals surface area (Å²) in [5, 5.41) is 11.5. The molecule has 0 aliphatic heterocycles. The van der Waals surface area contributed by atoms with Gasteiger partial charge in [-0.05, 0) is 24.6 Å². The molecule has 3 aromatic heterocycles. The van der Waals surface area contributed by atoms with E-state index < -0.39 is 5.91 Å². The maximum atomic E-state index is 12.9. The minimum Gasteiger partial charge on any atom is -0.383 e. The van der Waals surface area contributed by atoms with Crippen LogP contribution in [0.5, 0.6) is 0 Å². The zero-order valence-electron chi connectivity index (χ0n) is 14.8. The average molecular weight is 355 g/mol. The number of hydrogen-bond acceptors (Lipinski definition) is 5. The molecule has 0 aromatic carbocycles. The molecule has 0 radical (unpaired) electrons. The normalized spacial score (nSPS) is 11.2. The van der Waals surface area contributed by atoms with Gasteiger partial charge in [0.25, 0.3) is 11.5 Å². The van der Waals surface area contributed by atoms with Crippen LogP contribution in [0.4, 0.5) is 0 Å². The van der Waals surface area contributed by atoms with Crippen molar-refractivity contribution < 1.29 is 9.53 Å². The molecule has 8 nitrogen and oxygen atoms in total. The number of pyridine rings is 2. The molecule has 0 fully saturated rings. The monoisotopic (exact) mass is 355 g/mol. The zero-order chi connectivity index (χ0) is 18.7. The fraction of sp³-hybridized carbons (Fsp3) is 0.333. The lowest BCUT2D eigenvalue weighted by molar-refractivity contribution is 0.0934. The van der Waals surface area contributed by atoms with Gasteiger partial charge in [0.1, 0.15) is 16.8 Å². The number of aryl methyl sites for hydroxylation is 1. The van der Waals surface area contributed by atoms with Crippen molar-refractivity contribution in [3.05, 3.63) is 51.9 Å². The maximum Gasteiger partial charge on any atom is 0.267 e. The fourth-order valence-electron chi connectivity index (χ4n) is 2.86. The number of rotatable bonds is 6. The summed E-state index contributed by atoms with van der Waals surface area (Å²) >= 11 is 0. The largest absolute Gasteiger partial charge is 0.383 e. The first-order valence-electron chi connectivity index (χ1n) is 8.45. The minimum absolute atomic E-state index is 0.0430. The molecule has 8 heteroatoms. The molecule has 26 heavy (non-hydrogen) atoms. The summed E-state index contributed by atoms with van der Waals surface area (Å²) in [5.41, 5.74) is 0.854. The van der Waals surface area contributed by atoms with Crippen LogP contribution in [0.25, 0.3) is 16.7 Å². The van der Waals surface area contributed by atoms with Gasteiger partial charge in [-0.25, -0.2) is 4.98 Å². The number of amides is 1. The van der Waals surface area contributed by atoms with Crippen LogP contribution in [0.2, 0.25) is 0 Å². The molecule has 0 aliphatic carbocycles. The van der Waals surface area contributed by atoms with Gasteiger partial charge in [0.2, 0.25) is 0 Å². The first-order valence-corrected chi connectivity index (χ1v) is 8.45. The second kappa shape index (κ2) is 7.49. The number of fused-ring (bicyclic) bond motifs is 2. The molecule has 3 aromatic rings. The number of carbonyl (C=O) groups excluding carboxylic acids is 1. The summed E-state index contributed by atoms with van der Waals surface area (Å²) in [4.78, 5) is 29.9. The molecule has 0 unspecified atom stereocenters. The molecule has 0 saturated heterocycles. The third-order valence-corrected chi connectivity index (χ3v) is 4.10. The van der Waals surface area contributed by atoms with E-state index in [1.54, 1.807) is 36.1 Å². The molecular formula is C18H21N5O3. The standard InChI is InChI=1S/C18H21N5O3/c1-3-8-23-15(19)12(17(24)20-7-10-26-2)11-13-16(23)21-14-6-4-5-9-22(14)18(13)25/h4-6,9,11,19H,3,7-8,10H2,1-2H3,(H,20,24). The third-order valence-electron chi connectivity index (χ3n) is 4.10. The van der Waals surface area contributed by atoms with Crippen molar-refractivity contribution in [2.75, 3.05) is 20.3 Å². The van der Waals surface area contributed by atoms with Crippen LogP contribution in [-0.2, 0) is 11.3 Å². The van der Waals surface area contributed by atoms with Gasteiger partial charge in [-0.3, -0.25) is 19.4 Å². The molecular weight excluding hydrogens is 334 g/mol. The Morgan fingerprint density at radius 2 is 2.19 bits per heavy atom. The predicted octanol–water partition coefficient (Wildman–Crippen LogP) is 0.915. The number of ether oxygens (including phenoxy) is 1. The number of hydrogen-bond donors (Lipinski definition) is 2. The van der Waals surface area contributed by atoms with Gasteiger partial charge < -0.3 is 14.6 Å². The molecule has 3 rings (SSSR count). The van der Waals surface area contributed by atoms with E-state index in [4.69, 9.17) is 10.1 Å². The summed E-state index contributed by atoms with van der Waals surface area (Å²) < 4.78 is 7.99. The molecule has 0 atom stereocenters. The molecule has 3 heterocycles. The van der Waals surface area contributed by atoms with E-state index in [-0.39, 0.29) is 16.6 Å². The lowest BCUT2D eigenvalue weighted by Crippen LogP contribution is -2.36. The Kier molecular flexibility index (Phi) is 5.13. The molecule has 0 bridgehead atoms. The number of aromatic nitrogens is 3. The zero-order valence-corrected chi connectivity index (χ0v) is 14.8. The van der Waals surface area contributed by atoms with Crippen LogP contribution < -0.4 is 16.4 Å². The van der Waals surface area contributed by atoms with E-state index in [0.29, 0.717) is 36.4 Å². The van der Waals surface area contributed by atoms with Gasteiger partial charge in [0, 0.05) is 26.4 Å². The Balaban J connectivity index is 2.27. The quantitative estimate of drug-likeness (QED) is 0.507. The summed E-state index contributed by atoms with van der Waals surface area (Å²) in [7, 11) is 1.55. The highest BCUT2D eigenvalue weighted by molar-refractivity contribution is 5.96. The molecule has 1 amide bonds. The third kappa shape index (κ3) is 3.11. The van der Waals surface area contributed by atoms with Crippen molar-refractivity contribution in [3.8, 4) is 0 Å². The van der Waals surface area contributed by atoms with Gasteiger partial charge in [0.15, 0.2) is 0 Å². The first kappa shape index (κ1) is 17.8. The summed E-state index contributed by atoms with van der Waals surface area (Å²) in [6.07, 6.45) is 2.39. The van der Waals surface area contributed by atoms with Gasteiger partial charge in [0.05, 0.1) is 17.6 Å². The van der Waals surface area contributed by atoms with Crippen molar-refractivity contribution >= 4 is 22.6 Å². The number of nitrogens with one attached hydrogen (secondary N) is 2. The Bertz CT molecular complexity index is 1080. The molecule has 0 saturated carbocycles. The Labute approximate surface area is 149 Å². The van der Waals surface area contributed by atoms with Crippen LogP contribution in [0.1, 0.15) is 23.7 Å². The van der Waals surface area contributed by atoms with Crippen LogP contribution in [0, 0.1) is 5.41 Å². The molecule has 0 aliphatic rings. The van der Waals surface area contributed by atoms with Crippen molar-refractivity contribution in [2.24, 2.45) is 0 Å². The SMILES string of the molecule is CCCn1c(=N)c(C(=O)NCCOC)cc2c(=O)n3ccccc3nc21. The van der Waals surface area contributed by atoms with Gasteiger partial charge in [-0.15, -0.1) is 0 Å². The highest BCUT2D eigenvalue weighted by atomic mass is 16.5. The van der Waals surface area contributed by atoms with E-state index in [1.807, 2.05) is 6.92 Å². The molecule has 2 N–H and O–H groups in total. The van der Waals surface area contributed by atoms with Crippen molar-refractivity contribution in [1.82, 2.24) is 19.3 Å². The van der Waals surface area contributed by atoms with Crippen molar-refractivity contribution in [3.63, 3.8) is 0 Å². The Morgan fingerprint density at radius 3 is 2.92 bits per heavy atom. The second-order valence-electron chi connectivity index (χ2n) is 5.89. The molecule has 0 spiro atoms. The van der Waals surface area contributed by atoms with Crippen LogP contribution in [-0.4, -0.2) is 40.1 Å². The number of carbonyl (C=O) groups is 1. The van der Waals surface area contributed by atoms with Crippen molar-refractivity contribution in [2.45, 2.75) is 19.9 Å². The lowest BCUT2D eigenvalue weighted by atomic mass is 10.2. The van der Waals surface area contributed by atoms with E-state index in [0.717, 1.165) is 6.42 Å². The Morgan fingerprint density at radius 1 is 1.38 bits per heavy atom. The van der Waals surface area contributed by atoms with Crippen LogP contribution in [0.15, 0.2) is 35.3 Å². The topological polar surface area (TPSA) is 101 Å². The summed E-state index contributed by atoms with van der Waals surface area (Å²) in [6.45, 7) is 3.16. The fourth-order valence-corrected chi connectivity index (χ4v) is 2.86. The molecule has 136 valence electrons. The highest BCUT2D eigenvalue weighted by Crippen LogP contribution is 2.10. The van der Waals surface area contributed by atoms with Crippen LogP contribution >= 0.6 is 0 Å².